The number of nitrogens with zero attached hydrogens (tertiary/aromatic N) is 2. The van der Waals surface area contributed by atoms with Crippen LogP contribution in [-0.2, 0) is 4.79 Å². The third-order valence-corrected chi connectivity index (χ3v) is 1.66. The van der Waals surface area contributed by atoms with Gasteiger partial charge >= 0.3 is 5.97 Å². The standard InChI is InChI=1S/C8H19N5O2/c1-13(2)12-6(7(14)15)4-3-5-11-8(9)10/h6,12H,3-5H2,1-2H3,(H,14,15)(H4,9,10,11)/t6-/m0/s1. The zero-order chi connectivity index (χ0) is 11.8. The molecule has 0 aromatic heterocycles. The van der Waals surface area contributed by atoms with Crippen molar-refractivity contribution in [3.05, 3.63) is 0 Å². The Hall–Kier alpha value is -1.34. The predicted molar refractivity (Wildman–Crippen MR) is 58.2 cm³/mol. The minimum atomic E-state index is -0.881. The lowest BCUT2D eigenvalue weighted by molar-refractivity contribution is -0.141. The van der Waals surface area contributed by atoms with E-state index in [0.717, 1.165) is 0 Å². The maximum atomic E-state index is 10.8. The van der Waals surface area contributed by atoms with Gasteiger partial charge in [-0.3, -0.25) is 9.79 Å². The van der Waals surface area contributed by atoms with Gasteiger partial charge in [-0.05, 0) is 12.8 Å². The predicted octanol–water partition coefficient (Wildman–Crippen LogP) is -1.44. The van der Waals surface area contributed by atoms with Gasteiger partial charge in [-0.2, -0.15) is 0 Å². The average molecular weight is 217 g/mol. The molecular weight excluding hydrogens is 198 g/mol. The van der Waals surface area contributed by atoms with Crippen molar-refractivity contribution in [3.8, 4) is 0 Å². The lowest BCUT2D eigenvalue weighted by Gasteiger charge is -2.18. The molecule has 1 atom stereocenters. The van der Waals surface area contributed by atoms with Crippen LogP contribution in [0.5, 0.6) is 0 Å². The molecule has 0 aliphatic rings. The Morgan fingerprint density at radius 1 is 1.53 bits per heavy atom. The molecule has 0 unspecified atom stereocenters. The van der Waals surface area contributed by atoms with E-state index in [0.29, 0.717) is 19.4 Å². The second-order valence-corrected chi connectivity index (χ2v) is 3.36. The number of aliphatic imine (C=N–C) groups is 1. The Labute approximate surface area is 89.1 Å². The fourth-order valence-corrected chi connectivity index (χ4v) is 1.06. The van der Waals surface area contributed by atoms with Crippen LogP contribution < -0.4 is 16.9 Å². The number of aliphatic carboxylic acids is 1. The van der Waals surface area contributed by atoms with Crippen molar-refractivity contribution in [2.75, 3.05) is 20.6 Å². The molecule has 0 aromatic rings. The summed E-state index contributed by atoms with van der Waals surface area (Å²) < 4.78 is 0. The van der Waals surface area contributed by atoms with E-state index in [1.807, 2.05) is 0 Å². The highest BCUT2D eigenvalue weighted by molar-refractivity contribution is 5.75. The van der Waals surface area contributed by atoms with Crippen LogP contribution in [-0.4, -0.2) is 48.7 Å². The fraction of sp³-hybridized carbons (Fsp3) is 0.750. The maximum Gasteiger partial charge on any atom is 0.322 e. The van der Waals surface area contributed by atoms with Crippen molar-refractivity contribution in [2.45, 2.75) is 18.9 Å². The minimum Gasteiger partial charge on any atom is -0.480 e. The molecule has 7 heteroatoms. The summed E-state index contributed by atoms with van der Waals surface area (Å²) in [6.45, 7) is 0.446. The van der Waals surface area contributed by atoms with Gasteiger partial charge in [0.1, 0.15) is 6.04 Å². The third-order valence-electron chi connectivity index (χ3n) is 1.66. The monoisotopic (exact) mass is 217 g/mol. The molecule has 0 saturated carbocycles. The molecule has 0 radical (unpaired) electrons. The molecule has 7 nitrogen and oxygen atoms in total. The lowest BCUT2D eigenvalue weighted by atomic mass is 10.1. The number of hydrazine groups is 1. The number of guanidine groups is 1. The number of carbonyl (C=O) groups is 1. The van der Waals surface area contributed by atoms with E-state index in [1.54, 1.807) is 19.1 Å². The largest absolute Gasteiger partial charge is 0.480 e. The number of rotatable bonds is 7. The molecule has 0 saturated heterocycles. The Balaban J connectivity index is 3.87. The highest BCUT2D eigenvalue weighted by atomic mass is 16.4. The summed E-state index contributed by atoms with van der Waals surface area (Å²) in [7, 11) is 3.48. The Morgan fingerprint density at radius 2 is 2.13 bits per heavy atom. The fourth-order valence-electron chi connectivity index (χ4n) is 1.06. The molecule has 0 heterocycles. The molecule has 0 aliphatic carbocycles. The number of carboxylic acid groups (broad SMARTS) is 1. The summed E-state index contributed by atoms with van der Waals surface area (Å²) in [5, 5.41) is 10.5. The quantitative estimate of drug-likeness (QED) is 0.179. The summed E-state index contributed by atoms with van der Waals surface area (Å²) in [5.41, 5.74) is 13.1. The highest BCUT2D eigenvalue weighted by Crippen LogP contribution is 1.98. The van der Waals surface area contributed by atoms with Crippen LogP contribution in [0.1, 0.15) is 12.8 Å². The van der Waals surface area contributed by atoms with Crippen LogP contribution in [0, 0.1) is 0 Å². The van der Waals surface area contributed by atoms with Crippen LogP contribution in [0.15, 0.2) is 4.99 Å². The first-order valence-corrected chi connectivity index (χ1v) is 4.65. The van der Waals surface area contributed by atoms with E-state index < -0.39 is 12.0 Å². The van der Waals surface area contributed by atoms with Gasteiger partial charge in [-0.25, -0.2) is 10.4 Å². The molecule has 0 rings (SSSR count). The molecule has 0 aliphatic heterocycles. The van der Waals surface area contributed by atoms with Crippen LogP contribution >= 0.6 is 0 Å². The van der Waals surface area contributed by atoms with Crippen molar-refractivity contribution in [1.82, 2.24) is 10.4 Å². The first-order chi connectivity index (χ1) is 6.93. The van der Waals surface area contributed by atoms with Gasteiger partial charge in [-0.1, -0.05) is 0 Å². The summed E-state index contributed by atoms with van der Waals surface area (Å²) in [5.74, 6) is -0.851. The highest BCUT2D eigenvalue weighted by Gasteiger charge is 2.16. The van der Waals surface area contributed by atoms with Gasteiger partial charge in [0, 0.05) is 20.6 Å². The smallest absolute Gasteiger partial charge is 0.322 e. The zero-order valence-electron chi connectivity index (χ0n) is 9.10. The normalized spacial score (nSPS) is 12.5. The molecule has 88 valence electrons. The number of hydrogen-bond acceptors (Lipinski definition) is 4. The molecule has 0 amide bonds. The van der Waals surface area contributed by atoms with Gasteiger partial charge in [0.2, 0.25) is 0 Å². The van der Waals surface area contributed by atoms with Crippen molar-refractivity contribution < 1.29 is 9.90 Å². The SMILES string of the molecule is CN(C)N[C@@H](CCCN=C(N)N)C(=O)O. The van der Waals surface area contributed by atoms with Gasteiger partial charge in [0.05, 0.1) is 0 Å². The summed E-state index contributed by atoms with van der Waals surface area (Å²) in [4.78, 5) is 14.6. The molecule has 6 N–H and O–H groups in total. The van der Waals surface area contributed by atoms with Crippen LogP contribution in [0.25, 0.3) is 0 Å². The second-order valence-electron chi connectivity index (χ2n) is 3.36. The van der Waals surface area contributed by atoms with Crippen molar-refractivity contribution in [1.29, 1.82) is 0 Å². The van der Waals surface area contributed by atoms with E-state index in [4.69, 9.17) is 16.6 Å². The third kappa shape index (κ3) is 7.71. The molecule has 0 spiro atoms. The van der Waals surface area contributed by atoms with Crippen molar-refractivity contribution in [2.24, 2.45) is 16.5 Å². The number of nitrogens with two attached hydrogens (primary N) is 2. The van der Waals surface area contributed by atoms with Gasteiger partial charge in [-0.15, -0.1) is 0 Å². The topological polar surface area (TPSA) is 117 Å². The molecule has 0 bridgehead atoms. The van der Waals surface area contributed by atoms with Gasteiger partial charge in [0.15, 0.2) is 5.96 Å². The molecular formula is C8H19N5O2. The first-order valence-electron chi connectivity index (χ1n) is 4.65. The van der Waals surface area contributed by atoms with Gasteiger partial charge < -0.3 is 16.6 Å². The van der Waals surface area contributed by atoms with Crippen LogP contribution in [0.3, 0.4) is 0 Å². The summed E-state index contributed by atoms with van der Waals surface area (Å²) in [6.07, 6.45) is 1.10. The van der Waals surface area contributed by atoms with Crippen LogP contribution in [0.4, 0.5) is 0 Å². The van der Waals surface area contributed by atoms with Crippen molar-refractivity contribution in [3.63, 3.8) is 0 Å². The van der Waals surface area contributed by atoms with Crippen LogP contribution in [0.2, 0.25) is 0 Å². The Morgan fingerprint density at radius 3 is 2.53 bits per heavy atom. The number of nitrogens with one attached hydrogen (secondary N) is 1. The van der Waals surface area contributed by atoms with E-state index >= 15 is 0 Å². The lowest BCUT2D eigenvalue weighted by Crippen LogP contribution is -2.44. The van der Waals surface area contributed by atoms with E-state index in [9.17, 15) is 4.79 Å². The minimum absolute atomic E-state index is 0.0300. The number of hydrogen-bond donors (Lipinski definition) is 4. The van der Waals surface area contributed by atoms with Gasteiger partial charge in [0.25, 0.3) is 0 Å². The van der Waals surface area contributed by atoms with E-state index in [2.05, 4.69) is 10.4 Å². The second kappa shape index (κ2) is 7.02. The zero-order valence-corrected chi connectivity index (χ0v) is 9.10. The number of carboxylic acids is 1. The molecule has 15 heavy (non-hydrogen) atoms. The average Bonchev–Trinajstić information content (AvgIpc) is 2.08. The summed E-state index contributed by atoms with van der Waals surface area (Å²) >= 11 is 0. The van der Waals surface area contributed by atoms with Crippen molar-refractivity contribution >= 4 is 11.9 Å². The first kappa shape index (κ1) is 13.7. The molecule has 0 fully saturated rings. The summed E-state index contributed by atoms with van der Waals surface area (Å²) in [6, 6.07) is -0.603. The molecule has 0 aromatic carbocycles. The maximum absolute atomic E-state index is 10.8. The van der Waals surface area contributed by atoms with E-state index in [-0.39, 0.29) is 5.96 Å². The van der Waals surface area contributed by atoms with E-state index in [1.165, 1.54) is 0 Å². The Kier molecular flexibility index (Phi) is 6.39. The Bertz CT molecular complexity index is 225.